The van der Waals surface area contributed by atoms with Gasteiger partial charge in [-0.3, -0.25) is 9.36 Å². The molecule has 0 bridgehead atoms. The zero-order valence-electron chi connectivity index (χ0n) is 17.1. The van der Waals surface area contributed by atoms with Crippen molar-refractivity contribution in [2.75, 3.05) is 36.2 Å². The molecule has 0 saturated carbocycles. The van der Waals surface area contributed by atoms with Gasteiger partial charge in [-0.2, -0.15) is 0 Å². The second kappa shape index (κ2) is 9.69. The van der Waals surface area contributed by atoms with Gasteiger partial charge >= 0.3 is 5.97 Å². The van der Waals surface area contributed by atoms with Crippen molar-refractivity contribution in [2.24, 2.45) is 0 Å². The number of carbonyl (C=O) groups excluding carboxylic acids is 2. The summed E-state index contributed by atoms with van der Waals surface area (Å²) < 4.78 is 12.2. The summed E-state index contributed by atoms with van der Waals surface area (Å²) in [5.41, 5.74) is 0.907. The molecule has 1 aliphatic heterocycles. The van der Waals surface area contributed by atoms with Crippen LogP contribution < -0.4 is 10.2 Å². The van der Waals surface area contributed by atoms with Gasteiger partial charge in [-0.25, -0.2) is 4.79 Å². The molecule has 0 spiro atoms. The van der Waals surface area contributed by atoms with E-state index < -0.39 is 5.97 Å². The van der Waals surface area contributed by atoms with E-state index in [1.165, 1.54) is 18.9 Å². The molecule has 0 unspecified atom stereocenters. The van der Waals surface area contributed by atoms with E-state index in [1.54, 1.807) is 30.5 Å². The minimum Gasteiger partial charge on any atom is -0.467 e. The number of nitrogens with zero attached hydrogens (tertiary/aromatic N) is 4. The van der Waals surface area contributed by atoms with Gasteiger partial charge in [0.15, 0.2) is 5.16 Å². The first-order chi connectivity index (χ1) is 15.1. The molecule has 1 fully saturated rings. The number of methoxy groups -OCH3 is 1. The maximum absolute atomic E-state index is 12.5. The van der Waals surface area contributed by atoms with Gasteiger partial charge in [-0.05, 0) is 43.2 Å². The highest BCUT2D eigenvalue weighted by Gasteiger charge is 2.22. The van der Waals surface area contributed by atoms with Crippen LogP contribution in [0, 0.1) is 0 Å². The van der Waals surface area contributed by atoms with Gasteiger partial charge in [-0.15, -0.1) is 10.2 Å². The van der Waals surface area contributed by atoms with Gasteiger partial charge in [0, 0.05) is 18.8 Å². The van der Waals surface area contributed by atoms with E-state index in [0.717, 1.165) is 37.6 Å². The molecule has 3 aromatic rings. The molecule has 1 amide bonds. The van der Waals surface area contributed by atoms with E-state index >= 15 is 0 Å². The molecule has 162 valence electrons. The summed E-state index contributed by atoms with van der Waals surface area (Å²) in [6.45, 7) is 2.38. The van der Waals surface area contributed by atoms with Gasteiger partial charge in [0.05, 0.1) is 31.2 Å². The Balaban J connectivity index is 1.44. The van der Waals surface area contributed by atoms with E-state index in [0.29, 0.717) is 23.0 Å². The maximum atomic E-state index is 12.5. The summed E-state index contributed by atoms with van der Waals surface area (Å²) in [7, 11) is 1.32. The first-order valence-corrected chi connectivity index (χ1v) is 10.9. The van der Waals surface area contributed by atoms with Gasteiger partial charge in [0.2, 0.25) is 11.9 Å². The fraction of sp³-hybridized carbons (Fsp3) is 0.333. The number of anilines is 2. The highest BCUT2D eigenvalue weighted by Crippen LogP contribution is 2.26. The SMILES string of the molecule is COC(=O)c1cccc(NC(=O)CSc2nnc(N3CCCC3)n2Cc2ccco2)c1. The summed E-state index contributed by atoms with van der Waals surface area (Å²) in [5.74, 6) is 1.08. The molecule has 10 heteroatoms. The minimum absolute atomic E-state index is 0.152. The molecule has 0 atom stereocenters. The van der Waals surface area contributed by atoms with Crippen LogP contribution in [-0.4, -0.2) is 52.6 Å². The largest absolute Gasteiger partial charge is 0.467 e. The highest BCUT2D eigenvalue weighted by molar-refractivity contribution is 7.99. The lowest BCUT2D eigenvalue weighted by molar-refractivity contribution is -0.113. The number of amides is 1. The first-order valence-electron chi connectivity index (χ1n) is 9.95. The molecule has 1 aromatic carbocycles. The van der Waals surface area contributed by atoms with Gasteiger partial charge in [0.1, 0.15) is 5.76 Å². The van der Waals surface area contributed by atoms with Gasteiger partial charge in [-0.1, -0.05) is 17.8 Å². The van der Waals surface area contributed by atoms with Crippen LogP contribution in [0.1, 0.15) is 29.0 Å². The summed E-state index contributed by atoms with van der Waals surface area (Å²) in [4.78, 5) is 26.4. The smallest absolute Gasteiger partial charge is 0.337 e. The van der Waals surface area contributed by atoms with Crippen molar-refractivity contribution in [3.63, 3.8) is 0 Å². The molecule has 1 N–H and O–H groups in total. The number of aromatic nitrogens is 3. The van der Waals surface area contributed by atoms with Gasteiger partial charge < -0.3 is 19.4 Å². The van der Waals surface area contributed by atoms with Crippen molar-refractivity contribution in [3.05, 3.63) is 54.0 Å². The number of hydrogen-bond acceptors (Lipinski definition) is 8. The summed E-state index contributed by atoms with van der Waals surface area (Å²) >= 11 is 1.31. The Bertz CT molecular complexity index is 1040. The van der Waals surface area contributed by atoms with Crippen LogP contribution in [0.2, 0.25) is 0 Å². The van der Waals surface area contributed by atoms with Gasteiger partial charge in [0.25, 0.3) is 0 Å². The van der Waals surface area contributed by atoms with Crippen LogP contribution in [0.3, 0.4) is 0 Å². The Hall–Kier alpha value is -3.27. The molecule has 1 aliphatic rings. The zero-order chi connectivity index (χ0) is 21.6. The molecule has 0 radical (unpaired) electrons. The van der Waals surface area contributed by atoms with E-state index in [9.17, 15) is 9.59 Å². The normalized spacial score (nSPS) is 13.4. The van der Waals surface area contributed by atoms with Crippen LogP contribution in [0.15, 0.2) is 52.2 Å². The lowest BCUT2D eigenvalue weighted by Gasteiger charge is -2.17. The number of thioether (sulfide) groups is 1. The third-order valence-electron chi connectivity index (χ3n) is 4.88. The lowest BCUT2D eigenvalue weighted by atomic mass is 10.2. The number of nitrogens with one attached hydrogen (secondary N) is 1. The molecular formula is C21H23N5O4S. The fourth-order valence-electron chi connectivity index (χ4n) is 3.40. The van der Waals surface area contributed by atoms with Crippen molar-refractivity contribution in [2.45, 2.75) is 24.5 Å². The number of ether oxygens (including phenoxy) is 1. The molecule has 2 aromatic heterocycles. The Morgan fingerprint density at radius 2 is 2.03 bits per heavy atom. The Morgan fingerprint density at radius 1 is 1.19 bits per heavy atom. The maximum Gasteiger partial charge on any atom is 0.337 e. The third-order valence-corrected chi connectivity index (χ3v) is 5.85. The minimum atomic E-state index is -0.453. The number of rotatable bonds is 8. The van der Waals surface area contributed by atoms with Crippen molar-refractivity contribution >= 4 is 35.3 Å². The number of carbonyl (C=O) groups is 2. The third kappa shape index (κ3) is 5.08. The average molecular weight is 442 g/mol. The van der Waals surface area contributed by atoms with Crippen LogP contribution >= 0.6 is 11.8 Å². The highest BCUT2D eigenvalue weighted by atomic mass is 32.2. The van der Waals surface area contributed by atoms with E-state index in [4.69, 9.17) is 9.15 Å². The Morgan fingerprint density at radius 3 is 2.77 bits per heavy atom. The molecule has 0 aliphatic carbocycles. The monoisotopic (exact) mass is 441 g/mol. The van der Waals surface area contributed by atoms with Crippen LogP contribution in [-0.2, 0) is 16.1 Å². The average Bonchev–Trinajstić information content (AvgIpc) is 3.55. The number of furan rings is 1. The lowest BCUT2D eigenvalue weighted by Crippen LogP contribution is -2.23. The van der Waals surface area contributed by atoms with Crippen LogP contribution in [0.25, 0.3) is 0 Å². The Labute approximate surface area is 183 Å². The van der Waals surface area contributed by atoms with Crippen molar-refractivity contribution < 1.29 is 18.7 Å². The van der Waals surface area contributed by atoms with Crippen molar-refractivity contribution in [3.8, 4) is 0 Å². The molecule has 3 heterocycles. The summed E-state index contributed by atoms with van der Waals surface area (Å²) in [5, 5.41) is 12.1. The van der Waals surface area contributed by atoms with Crippen LogP contribution in [0.5, 0.6) is 0 Å². The van der Waals surface area contributed by atoms with Crippen LogP contribution in [0.4, 0.5) is 11.6 Å². The predicted molar refractivity (Wildman–Crippen MR) is 116 cm³/mol. The molecule has 31 heavy (non-hydrogen) atoms. The fourth-order valence-corrected chi connectivity index (χ4v) is 4.14. The molecule has 4 rings (SSSR count). The molecule has 9 nitrogen and oxygen atoms in total. The quantitative estimate of drug-likeness (QED) is 0.420. The van der Waals surface area contributed by atoms with Crippen molar-refractivity contribution in [1.29, 1.82) is 0 Å². The standard InChI is InChI=1S/C21H23N5O4S/c1-29-19(28)15-6-4-7-16(12-15)22-18(27)14-31-21-24-23-20(25-9-2-3-10-25)26(21)13-17-8-5-11-30-17/h4-8,11-12H,2-3,9-10,13-14H2,1H3,(H,22,27). The number of esters is 1. The Kier molecular flexibility index (Phi) is 6.56. The molecular weight excluding hydrogens is 418 g/mol. The summed E-state index contributed by atoms with van der Waals surface area (Å²) in [6, 6.07) is 10.4. The molecule has 1 saturated heterocycles. The number of benzene rings is 1. The zero-order valence-corrected chi connectivity index (χ0v) is 17.9. The second-order valence-electron chi connectivity index (χ2n) is 7.05. The summed E-state index contributed by atoms with van der Waals surface area (Å²) in [6.07, 6.45) is 3.89. The van der Waals surface area contributed by atoms with E-state index in [2.05, 4.69) is 20.4 Å². The topological polar surface area (TPSA) is 102 Å². The predicted octanol–water partition coefficient (Wildman–Crippen LogP) is 3.04. The second-order valence-corrected chi connectivity index (χ2v) is 7.99. The first kappa shape index (κ1) is 21.0. The van der Waals surface area contributed by atoms with Crippen molar-refractivity contribution in [1.82, 2.24) is 14.8 Å². The number of hydrogen-bond donors (Lipinski definition) is 1. The van der Waals surface area contributed by atoms with E-state index in [-0.39, 0.29) is 11.7 Å². The van der Waals surface area contributed by atoms with E-state index in [1.807, 2.05) is 16.7 Å².